The normalized spacial score (nSPS) is 15.0. The quantitative estimate of drug-likeness (QED) is 0.766. The van der Waals surface area contributed by atoms with Gasteiger partial charge in [0.15, 0.2) is 0 Å². The third kappa shape index (κ3) is 3.15. The molecule has 4 rings (SSSR count). The van der Waals surface area contributed by atoms with Crippen LogP contribution in [0.25, 0.3) is 11.3 Å². The number of hydrogen-bond donors (Lipinski definition) is 1. The molecule has 5 nitrogen and oxygen atoms in total. The lowest BCUT2D eigenvalue weighted by Crippen LogP contribution is -2.36. The fourth-order valence-corrected chi connectivity index (χ4v) is 4.75. The summed E-state index contributed by atoms with van der Waals surface area (Å²) in [6.07, 6.45) is 0.533. The van der Waals surface area contributed by atoms with E-state index in [4.69, 9.17) is 0 Å². The minimum Gasteiger partial charge on any atom is -0.282 e. The van der Waals surface area contributed by atoms with Crippen molar-refractivity contribution in [2.45, 2.75) is 18.7 Å². The zero-order chi connectivity index (χ0) is 18.1. The highest BCUT2D eigenvalue weighted by atomic mass is 32.2. The molecule has 134 valence electrons. The van der Waals surface area contributed by atoms with Crippen molar-refractivity contribution in [2.24, 2.45) is 0 Å². The van der Waals surface area contributed by atoms with E-state index in [2.05, 4.69) is 10.2 Å². The van der Waals surface area contributed by atoms with Gasteiger partial charge in [0.1, 0.15) is 5.82 Å². The first-order chi connectivity index (χ1) is 12.5. The molecule has 0 unspecified atom stereocenters. The van der Waals surface area contributed by atoms with Gasteiger partial charge in [0.05, 0.1) is 11.4 Å². The predicted molar refractivity (Wildman–Crippen MR) is 97.2 cm³/mol. The van der Waals surface area contributed by atoms with Crippen LogP contribution in [0.1, 0.15) is 16.8 Å². The fraction of sp³-hybridized carbons (Fsp3) is 0.211. The molecule has 0 radical (unpaired) electrons. The van der Waals surface area contributed by atoms with E-state index in [0.717, 1.165) is 16.8 Å². The number of fused-ring (bicyclic) bond motifs is 1. The minimum atomic E-state index is -3.47. The molecule has 2 heterocycles. The van der Waals surface area contributed by atoms with Crippen molar-refractivity contribution in [3.8, 4) is 11.3 Å². The van der Waals surface area contributed by atoms with Crippen molar-refractivity contribution in [1.29, 1.82) is 0 Å². The standard InChI is InChI=1S/C19H18FN3O2S/c20-17-9-5-4-8-15(17)19-16-12-23(11-10-18(16)21-22-19)26(24,25)13-14-6-2-1-3-7-14/h1-9H,10-13H2,(H,21,22). The maximum Gasteiger partial charge on any atom is 0.218 e. The highest BCUT2D eigenvalue weighted by Gasteiger charge is 2.30. The van der Waals surface area contributed by atoms with E-state index < -0.39 is 10.0 Å². The summed E-state index contributed by atoms with van der Waals surface area (Å²) in [4.78, 5) is 0. The number of H-pyrrole nitrogens is 1. The van der Waals surface area contributed by atoms with Crippen molar-refractivity contribution in [3.63, 3.8) is 0 Å². The molecule has 0 fully saturated rings. The van der Waals surface area contributed by atoms with Crippen LogP contribution in [0.15, 0.2) is 54.6 Å². The largest absolute Gasteiger partial charge is 0.282 e. The summed E-state index contributed by atoms with van der Waals surface area (Å²) in [7, 11) is -3.47. The molecule has 7 heteroatoms. The summed E-state index contributed by atoms with van der Waals surface area (Å²) in [6, 6.07) is 15.5. The van der Waals surface area contributed by atoms with Crippen LogP contribution >= 0.6 is 0 Å². The highest BCUT2D eigenvalue weighted by Crippen LogP contribution is 2.31. The number of hydrogen-bond acceptors (Lipinski definition) is 3. The Morgan fingerprint density at radius 1 is 1.08 bits per heavy atom. The molecule has 2 aromatic carbocycles. The molecule has 3 aromatic rings. The van der Waals surface area contributed by atoms with E-state index in [9.17, 15) is 12.8 Å². The van der Waals surface area contributed by atoms with Gasteiger partial charge in [0, 0.05) is 36.3 Å². The van der Waals surface area contributed by atoms with Crippen LogP contribution in [0.5, 0.6) is 0 Å². The maximum absolute atomic E-state index is 14.2. The van der Waals surface area contributed by atoms with Crippen LogP contribution in [0.4, 0.5) is 4.39 Å². The van der Waals surface area contributed by atoms with Gasteiger partial charge in [-0.05, 0) is 17.7 Å². The van der Waals surface area contributed by atoms with Gasteiger partial charge in [-0.3, -0.25) is 5.10 Å². The van der Waals surface area contributed by atoms with Crippen molar-refractivity contribution < 1.29 is 12.8 Å². The minimum absolute atomic E-state index is 0.0456. The molecular weight excluding hydrogens is 353 g/mol. The van der Waals surface area contributed by atoms with Crippen molar-refractivity contribution >= 4 is 10.0 Å². The average molecular weight is 371 g/mol. The molecule has 0 spiro atoms. The number of aromatic amines is 1. The average Bonchev–Trinajstić information content (AvgIpc) is 3.06. The van der Waals surface area contributed by atoms with Crippen LogP contribution in [0, 0.1) is 5.82 Å². The third-order valence-corrected chi connectivity index (χ3v) is 6.41. The molecule has 1 N–H and O–H groups in total. The fourth-order valence-electron chi connectivity index (χ4n) is 3.26. The Hall–Kier alpha value is -2.51. The van der Waals surface area contributed by atoms with Gasteiger partial charge in [0.25, 0.3) is 0 Å². The first kappa shape index (κ1) is 16.9. The molecule has 0 saturated heterocycles. The molecule has 0 amide bonds. The number of halogens is 1. The van der Waals surface area contributed by atoms with E-state index in [1.54, 1.807) is 30.3 Å². The molecule has 0 saturated carbocycles. The van der Waals surface area contributed by atoms with Crippen LogP contribution in [-0.4, -0.2) is 29.5 Å². The number of benzene rings is 2. The molecule has 0 bridgehead atoms. The number of aromatic nitrogens is 2. The van der Waals surface area contributed by atoms with Crippen LogP contribution in [0.2, 0.25) is 0 Å². The molecule has 1 aliphatic heterocycles. The lowest BCUT2D eigenvalue weighted by molar-refractivity contribution is 0.389. The Bertz CT molecular complexity index is 1030. The topological polar surface area (TPSA) is 66.1 Å². The Morgan fingerprint density at radius 2 is 1.81 bits per heavy atom. The zero-order valence-electron chi connectivity index (χ0n) is 14.0. The first-order valence-electron chi connectivity index (χ1n) is 8.37. The molecule has 0 atom stereocenters. The lowest BCUT2D eigenvalue weighted by atomic mass is 10.0. The second-order valence-electron chi connectivity index (χ2n) is 6.33. The number of nitrogens with one attached hydrogen (secondary N) is 1. The lowest BCUT2D eigenvalue weighted by Gasteiger charge is -2.26. The number of rotatable bonds is 4. The predicted octanol–water partition coefficient (Wildman–Crippen LogP) is 3.10. The summed E-state index contributed by atoms with van der Waals surface area (Å²) in [6.45, 7) is 0.589. The molecule has 1 aromatic heterocycles. The SMILES string of the molecule is O=S(=O)(Cc1ccccc1)N1CCc2[nH]nc(-c3ccccc3F)c2C1. The van der Waals surface area contributed by atoms with Gasteiger partial charge in [-0.25, -0.2) is 12.8 Å². The van der Waals surface area contributed by atoms with E-state index >= 15 is 0 Å². The zero-order valence-corrected chi connectivity index (χ0v) is 14.8. The number of sulfonamides is 1. The summed E-state index contributed by atoms with van der Waals surface area (Å²) < 4.78 is 41.3. The van der Waals surface area contributed by atoms with Crippen molar-refractivity contribution in [1.82, 2.24) is 14.5 Å². The molecule has 1 aliphatic rings. The van der Waals surface area contributed by atoms with Gasteiger partial charge in [0.2, 0.25) is 10.0 Å². The highest BCUT2D eigenvalue weighted by molar-refractivity contribution is 7.88. The Labute approximate surface area is 151 Å². The first-order valence-corrected chi connectivity index (χ1v) is 9.98. The number of nitrogens with zero attached hydrogens (tertiary/aromatic N) is 2. The summed E-state index contributed by atoms with van der Waals surface area (Å²) >= 11 is 0. The van der Waals surface area contributed by atoms with E-state index in [-0.39, 0.29) is 18.1 Å². The Balaban J connectivity index is 1.64. The summed E-state index contributed by atoms with van der Waals surface area (Å²) in [5, 5.41) is 7.18. The van der Waals surface area contributed by atoms with Gasteiger partial charge < -0.3 is 0 Å². The second-order valence-corrected chi connectivity index (χ2v) is 8.30. The van der Waals surface area contributed by atoms with Crippen LogP contribution in [-0.2, 0) is 28.7 Å². The van der Waals surface area contributed by atoms with E-state index in [1.807, 2.05) is 18.2 Å². The van der Waals surface area contributed by atoms with E-state index in [0.29, 0.717) is 24.2 Å². The van der Waals surface area contributed by atoms with E-state index in [1.165, 1.54) is 10.4 Å². The molecule has 26 heavy (non-hydrogen) atoms. The third-order valence-electron chi connectivity index (χ3n) is 4.61. The van der Waals surface area contributed by atoms with Crippen LogP contribution in [0.3, 0.4) is 0 Å². The molecular formula is C19H18FN3O2S. The molecule has 0 aliphatic carbocycles. The van der Waals surface area contributed by atoms with Gasteiger partial charge in [-0.15, -0.1) is 0 Å². The monoisotopic (exact) mass is 371 g/mol. The van der Waals surface area contributed by atoms with Crippen LogP contribution < -0.4 is 0 Å². The Kier molecular flexibility index (Phi) is 4.34. The summed E-state index contributed by atoms with van der Waals surface area (Å²) in [5.74, 6) is -0.415. The summed E-state index contributed by atoms with van der Waals surface area (Å²) in [5.41, 5.74) is 3.23. The second kappa shape index (κ2) is 6.66. The van der Waals surface area contributed by atoms with Crippen molar-refractivity contribution in [2.75, 3.05) is 6.54 Å². The smallest absolute Gasteiger partial charge is 0.218 e. The van der Waals surface area contributed by atoms with Gasteiger partial charge in [-0.2, -0.15) is 9.40 Å². The van der Waals surface area contributed by atoms with Gasteiger partial charge in [-0.1, -0.05) is 42.5 Å². The van der Waals surface area contributed by atoms with Gasteiger partial charge >= 0.3 is 0 Å². The Morgan fingerprint density at radius 3 is 2.58 bits per heavy atom. The maximum atomic E-state index is 14.2. The van der Waals surface area contributed by atoms with Crippen molar-refractivity contribution in [3.05, 3.63) is 77.2 Å².